The summed E-state index contributed by atoms with van der Waals surface area (Å²) in [6.45, 7) is 4.56. The van der Waals surface area contributed by atoms with Gasteiger partial charge in [0.1, 0.15) is 12.4 Å². The fourth-order valence-corrected chi connectivity index (χ4v) is 3.25. The van der Waals surface area contributed by atoms with Gasteiger partial charge in [0.2, 0.25) is 0 Å². The Morgan fingerprint density at radius 3 is 2.24 bits per heavy atom. The average Bonchev–Trinajstić information content (AvgIpc) is 2.56. The summed E-state index contributed by atoms with van der Waals surface area (Å²) in [5, 5.41) is 6.74. The van der Waals surface area contributed by atoms with Crippen LogP contribution in [0, 0.1) is 5.92 Å². The number of benzene rings is 2. The van der Waals surface area contributed by atoms with Crippen LogP contribution >= 0.6 is 0 Å². The highest BCUT2D eigenvalue weighted by atomic mass is 32.2. The highest BCUT2D eigenvalue weighted by Gasteiger charge is 2.15. The standard InChI is InChI=1S/C19H24N2O3S/c1-25(22,23)19-8-4-16(5-9-19)14-24-18-6-2-15(3-7-18)10-20-11-17-12-21-13-17/h2-9,17,20-21H,10-14H2,1H3. The van der Waals surface area contributed by atoms with Crippen molar-refractivity contribution in [2.24, 2.45) is 5.92 Å². The van der Waals surface area contributed by atoms with Crippen molar-refractivity contribution in [3.8, 4) is 5.75 Å². The molecule has 0 unspecified atom stereocenters. The molecule has 5 nitrogen and oxygen atoms in total. The molecule has 2 N–H and O–H groups in total. The Morgan fingerprint density at radius 2 is 1.68 bits per heavy atom. The van der Waals surface area contributed by atoms with E-state index in [1.54, 1.807) is 24.3 Å². The minimum atomic E-state index is -3.15. The van der Waals surface area contributed by atoms with Crippen LogP contribution in [0.4, 0.5) is 0 Å². The topological polar surface area (TPSA) is 67.4 Å². The molecule has 0 saturated carbocycles. The lowest BCUT2D eigenvalue weighted by molar-refractivity contribution is 0.306. The Balaban J connectivity index is 1.46. The van der Waals surface area contributed by atoms with Crippen molar-refractivity contribution in [3.63, 3.8) is 0 Å². The molecule has 25 heavy (non-hydrogen) atoms. The summed E-state index contributed by atoms with van der Waals surface area (Å²) < 4.78 is 28.7. The number of nitrogens with one attached hydrogen (secondary N) is 2. The fraction of sp³-hybridized carbons (Fsp3) is 0.368. The normalized spacial score (nSPS) is 14.9. The average molecular weight is 360 g/mol. The zero-order valence-electron chi connectivity index (χ0n) is 14.4. The van der Waals surface area contributed by atoms with Crippen LogP contribution in [0.15, 0.2) is 53.4 Å². The molecule has 0 amide bonds. The first-order chi connectivity index (χ1) is 12.0. The van der Waals surface area contributed by atoms with Crippen LogP contribution < -0.4 is 15.4 Å². The van der Waals surface area contributed by atoms with E-state index in [9.17, 15) is 8.42 Å². The van der Waals surface area contributed by atoms with Crippen molar-refractivity contribution in [2.75, 3.05) is 25.9 Å². The zero-order valence-corrected chi connectivity index (χ0v) is 15.2. The van der Waals surface area contributed by atoms with Crippen molar-refractivity contribution in [1.29, 1.82) is 0 Å². The molecule has 0 aliphatic carbocycles. The van der Waals surface area contributed by atoms with Gasteiger partial charge in [-0.1, -0.05) is 24.3 Å². The minimum absolute atomic E-state index is 0.325. The van der Waals surface area contributed by atoms with Gasteiger partial charge in [0.05, 0.1) is 4.90 Å². The van der Waals surface area contributed by atoms with Crippen LogP contribution in [0.3, 0.4) is 0 Å². The number of hydrogen-bond donors (Lipinski definition) is 2. The first-order valence-electron chi connectivity index (χ1n) is 8.43. The van der Waals surface area contributed by atoms with Gasteiger partial charge in [-0.25, -0.2) is 8.42 Å². The third kappa shape index (κ3) is 5.29. The molecule has 134 valence electrons. The molecule has 2 aromatic rings. The second-order valence-corrected chi connectivity index (χ2v) is 8.52. The minimum Gasteiger partial charge on any atom is -0.489 e. The summed E-state index contributed by atoms with van der Waals surface area (Å²) in [6, 6.07) is 14.8. The van der Waals surface area contributed by atoms with Crippen molar-refractivity contribution < 1.29 is 13.2 Å². The van der Waals surface area contributed by atoms with E-state index < -0.39 is 9.84 Å². The summed E-state index contributed by atoms with van der Waals surface area (Å²) in [5.74, 6) is 1.57. The zero-order chi connectivity index (χ0) is 17.7. The summed E-state index contributed by atoms with van der Waals surface area (Å²) in [7, 11) is -3.15. The molecule has 1 saturated heterocycles. The molecule has 0 spiro atoms. The second kappa shape index (κ2) is 7.99. The first kappa shape index (κ1) is 17.9. The molecule has 1 aliphatic heterocycles. The van der Waals surface area contributed by atoms with Crippen LogP contribution in [-0.4, -0.2) is 34.3 Å². The molecule has 0 aromatic heterocycles. The third-order valence-corrected chi connectivity index (χ3v) is 5.44. The van der Waals surface area contributed by atoms with Crippen LogP contribution in [0.25, 0.3) is 0 Å². The molecular formula is C19H24N2O3S. The predicted molar refractivity (Wildman–Crippen MR) is 98.4 cm³/mol. The Hall–Kier alpha value is -1.89. The molecule has 6 heteroatoms. The van der Waals surface area contributed by atoms with Crippen molar-refractivity contribution in [2.45, 2.75) is 18.0 Å². The van der Waals surface area contributed by atoms with Crippen molar-refractivity contribution in [3.05, 3.63) is 59.7 Å². The Bertz CT molecular complexity index is 782. The molecule has 2 aromatic carbocycles. The molecule has 1 fully saturated rings. The van der Waals surface area contributed by atoms with E-state index in [0.29, 0.717) is 11.5 Å². The van der Waals surface area contributed by atoms with Gasteiger partial charge < -0.3 is 15.4 Å². The number of rotatable bonds is 8. The van der Waals surface area contributed by atoms with Crippen LogP contribution in [0.1, 0.15) is 11.1 Å². The smallest absolute Gasteiger partial charge is 0.175 e. The lowest BCUT2D eigenvalue weighted by atomic mass is 10.0. The highest BCUT2D eigenvalue weighted by Crippen LogP contribution is 2.16. The van der Waals surface area contributed by atoms with Gasteiger partial charge >= 0.3 is 0 Å². The first-order valence-corrected chi connectivity index (χ1v) is 10.3. The molecular weight excluding hydrogens is 336 g/mol. The summed E-state index contributed by atoms with van der Waals surface area (Å²) in [6.07, 6.45) is 1.21. The molecule has 0 radical (unpaired) electrons. The van der Waals surface area contributed by atoms with Gasteiger partial charge in [-0.3, -0.25) is 0 Å². The molecule has 0 bridgehead atoms. The van der Waals surface area contributed by atoms with E-state index in [2.05, 4.69) is 22.8 Å². The highest BCUT2D eigenvalue weighted by molar-refractivity contribution is 7.90. The van der Waals surface area contributed by atoms with Crippen LogP contribution in [0.2, 0.25) is 0 Å². The number of hydrogen-bond acceptors (Lipinski definition) is 5. The van der Waals surface area contributed by atoms with Gasteiger partial charge in [-0.15, -0.1) is 0 Å². The van der Waals surface area contributed by atoms with Gasteiger partial charge in [0.15, 0.2) is 9.84 Å². The predicted octanol–water partition coefficient (Wildman–Crippen LogP) is 1.98. The Labute approximate surface area is 149 Å². The largest absolute Gasteiger partial charge is 0.489 e. The van der Waals surface area contributed by atoms with E-state index in [1.807, 2.05) is 12.1 Å². The van der Waals surface area contributed by atoms with Gasteiger partial charge in [-0.2, -0.15) is 0 Å². The van der Waals surface area contributed by atoms with E-state index in [-0.39, 0.29) is 0 Å². The Morgan fingerprint density at radius 1 is 1.04 bits per heavy atom. The molecule has 0 atom stereocenters. The maximum atomic E-state index is 11.4. The summed E-state index contributed by atoms with van der Waals surface area (Å²) in [4.78, 5) is 0.325. The maximum Gasteiger partial charge on any atom is 0.175 e. The fourth-order valence-electron chi connectivity index (χ4n) is 2.62. The quantitative estimate of drug-likeness (QED) is 0.753. The van der Waals surface area contributed by atoms with Crippen molar-refractivity contribution >= 4 is 9.84 Å². The van der Waals surface area contributed by atoms with Gasteiger partial charge in [0, 0.05) is 32.4 Å². The summed E-state index contributed by atoms with van der Waals surface area (Å²) in [5.41, 5.74) is 2.17. The van der Waals surface area contributed by atoms with Crippen LogP contribution in [0.5, 0.6) is 5.75 Å². The van der Waals surface area contributed by atoms with Gasteiger partial charge in [0.25, 0.3) is 0 Å². The monoisotopic (exact) mass is 360 g/mol. The third-order valence-electron chi connectivity index (χ3n) is 4.31. The van der Waals surface area contributed by atoms with E-state index in [4.69, 9.17) is 4.74 Å². The van der Waals surface area contributed by atoms with E-state index in [0.717, 1.165) is 43.4 Å². The second-order valence-electron chi connectivity index (χ2n) is 6.50. The lowest BCUT2D eigenvalue weighted by Gasteiger charge is -2.27. The van der Waals surface area contributed by atoms with Gasteiger partial charge in [-0.05, 0) is 41.3 Å². The number of ether oxygens (including phenoxy) is 1. The van der Waals surface area contributed by atoms with E-state index >= 15 is 0 Å². The molecule has 1 heterocycles. The van der Waals surface area contributed by atoms with Crippen molar-refractivity contribution in [1.82, 2.24) is 10.6 Å². The van der Waals surface area contributed by atoms with E-state index in [1.165, 1.54) is 11.8 Å². The van der Waals surface area contributed by atoms with Crippen LogP contribution in [-0.2, 0) is 23.0 Å². The number of sulfone groups is 1. The summed E-state index contributed by atoms with van der Waals surface area (Å²) >= 11 is 0. The molecule has 3 rings (SSSR count). The molecule has 1 aliphatic rings. The maximum absolute atomic E-state index is 11.4. The lowest BCUT2D eigenvalue weighted by Crippen LogP contribution is -2.47. The SMILES string of the molecule is CS(=O)(=O)c1ccc(COc2ccc(CNCC3CNC3)cc2)cc1. The Kier molecular flexibility index (Phi) is 5.73.